The van der Waals surface area contributed by atoms with Gasteiger partial charge in [0.2, 0.25) is 0 Å². The first-order chi connectivity index (χ1) is 18.1. The molecule has 1 aliphatic rings. The van der Waals surface area contributed by atoms with E-state index in [4.69, 9.17) is 16.3 Å². The van der Waals surface area contributed by atoms with Crippen molar-refractivity contribution in [2.45, 2.75) is 38.9 Å². The van der Waals surface area contributed by atoms with E-state index in [1.165, 1.54) is 0 Å². The Bertz CT molecular complexity index is 1640. The van der Waals surface area contributed by atoms with Gasteiger partial charge in [0.1, 0.15) is 17.8 Å². The summed E-state index contributed by atoms with van der Waals surface area (Å²) in [5.74, 6) is 1.52. The second-order valence-corrected chi connectivity index (χ2v) is 9.26. The molecule has 0 atom stereocenters. The highest BCUT2D eigenvalue weighted by Gasteiger charge is 2.25. The minimum absolute atomic E-state index is 0.195. The molecule has 0 saturated heterocycles. The number of rotatable bonds is 8. The van der Waals surface area contributed by atoms with Gasteiger partial charge in [0.25, 0.3) is 5.91 Å². The van der Waals surface area contributed by atoms with E-state index in [9.17, 15) is 4.79 Å². The molecule has 2 N–H and O–H groups in total. The molecule has 0 bridgehead atoms. The molecule has 0 spiro atoms. The van der Waals surface area contributed by atoms with E-state index in [0.717, 1.165) is 40.2 Å². The number of halogens is 1. The molecular weight excluding hydrogens is 494 g/mol. The van der Waals surface area contributed by atoms with Gasteiger partial charge in [-0.3, -0.25) is 9.36 Å². The Labute approximate surface area is 216 Å². The number of aryl methyl sites for hydroxylation is 1. The third kappa shape index (κ3) is 4.31. The summed E-state index contributed by atoms with van der Waals surface area (Å²) in [6.45, 7) is 3.16. The van der Waals surface area contributed by atoms with Crippen molar-refractivity contribution in [2.75, 3.05) is 12.4 Å². The summed E-state index contributed by atoms with van der Waals surface area (Å²) in [6, 6.07) is 5.86. The number of nitrogens with zero attached hydrogens (tertiary/aromatic N) is 7. The molecule has 37 heavy (non-hydrogen) atoms. The number of benzene rings is 1. The molecule has 1 amide bonds. The Morgan fingerprint density at radius 1 is 1.19 bits per heavy atom. The molecule has 0 aliphatic heterocycles. The topological polar surface area (TPSA) is 125 Å². The number of imidazole rings is 1. The fourth-order valence-electron chi connectivity index (χ4n) is 4.25. The Balaban J connectivity index is 1.41. The van der Waals surface area contributed by atoms with E-state index in [0.29, 0.717) is 41.2 Å². The minimum atomic E-state index is -0.195. The highest BCUT2D eigenvalue weighted by Crippen LogP contribution is 2.32. The zero-order valence-electron chi connectivity index (χ0n) is 20.3. The van der Waals surface area contributed by atoms with E-state index >= 15 is 0 Å². The van der Waals surface area contributed by atoms with Crippen molar-refractivity contribution in [3.63, 3.8) is 0 Å². The van der Waals surface area contributed by atoms with E-state index in [2.05, 4.69) is 35.9 Å². The molecule has 4 heterocycles. The van der Waals surface area contributed by atoms with Gasteiger partial charge in [-0.2, -0.15) is 5.10 Å². The molecule has 1 saturated carbocycles. The summed E-state index contributed by atoms with van der Waals surface area (Å²) in [5.41, 5.74) is 2.04. The SMILES string of the molecule is CCn1ncc2c3c(NCc4ccc(OC)c(Cl)c4)nnc(-n4cnc(C(=O)NC5CC5)c4)c3cnc21. The average molecular weight is 518 g/mol. The molecule has 1 aromatic carbocycles. The van der Waals surface area contributed by atoms with Crippen molar-refractivity contribution in [1.82, 2.24) is 39.8 Å². The molecule has 0 radical (unpaired) electrons. The number of nitrogens with one attached hydrogen (secondary N) is 2. The first kappa shape index (κ1) is 23.2. The number of ether oxygens (including phenoxy) is 1. The van der Waals surface area contributed by atoms with Crippen molar-refractivity contribution >= 4 is 45.1 Å². The summed E-state index contributed by atoms with van der Waals surface area (Å²) < 4.78 is 8.78. The smallest absolute Gasteiger partial charge is 0.271 e. The predicted molar refractivity (Wildman–Crippen MR) is 139 cm³/mol. The van der Waals surface area contributed by atoms with Crippen LogP contribution in [-0.4, -0.2) is 53.6 Å². The van der Waals surface area contributed by atoms with Crippen LogP contribution in [0.15, 0.2) is 43.1 Å². The summed E-state index contributed by atoms with van der Waals surface area (Å²) in [7, 11) is 1.58. The Hall–Kier alpha value is -4.25. The summed E-state index contributed by atoms with van der Waals surface area (Å²) in [6.07, 6.45) is 8.79. The lowest BCUT2D eigenvalue weighted by atomic mass is 10.1. The zero-order valence-corrected chi connectivity index (χ0v) is 21.0. The van der Waals surface area contributed by atoms with Crippen LogP contribution in [0.4, 0.5) is 5.82 Å². The first-order valence-electron chi connectivity index (χ1n) is 12.0. The molecule has 6 rings (SSSR count). The van der Waals surface area contributed by atoms with Gasteiger partial charge < -0.3 is 15.4 Å². The van der Waals surface area contributed by atoms with Crippen LogP contribution in [0.25, 0.3) is 27.6 Å². The van der Waals surface area contributed by atoms with Gasteiger partial charge in [0, 0.05) is 42.3 Å². The maximum atomic E-state index is 12.5. The summed E-state index contributed by atoms with van der Waals surface area (Å²) in [5, 5.41) is 22.8. The van der Waals surface area contributed by atoms with Crippen LogP contribution < -0.4 is 15.4 Å². The molecule has 1 aliphatic carbocycles. The highest BCUT2D eigenvalue weighted by atomic mass is 35.5. The molecule has 11 nitrogen and oxygen atoms in total. The van der Waals surface area contributed by atoms with Crippen molar-refractivity contribution in [3.8, 4) is 11.6 Å². The first-order valence-corrected chi connectivity index (χ1v) is 12.4. The standard InChI is InChI=1S/C25H24ClN9O2/c1-3-35-23-17(11-30-35)21-16(10-28-23)24(34-12-19(29-13-34)25(36)31-15-5-6-15)33-32-22(21)27-9-14-4-7-20(37-2)18(26)8-14/h4,7-8,10-13,15H,3,5-6,9H2,1-2H3,(H,27,32)(H,31,36). The predicted octanol–water partition coefficient (Wildman–Crippen LogP) is 3.75. The van der Waals surface area contributed by atoms with Gasteiger partial charge in [-0.25, -0.2) is 14.6 Å². The Morgan fingerprint density at radius 2 is 2.05 bits per heavy atom. The zero-order chi connectivity index (χ0) is 25.5. The number of aromatic nitrogens is 7. The quantitative estimate of drug-likeness (QED) is 0.319. The van der Waals surface area contributed by atoms with E-state index in [1.54, 1.807) is 36.6 Å². The van der Waals surface area contributed by atoms with E-state index in [-0.39, 0.29) is 11.9 Å². The third-order valence-corrected chi connectivity index (χ3v) is 6.63. The second-order valence-electron chi connectivity index (χ2n) is 8.85. The van der Waals surface area contributed by atoms with Crippen LogP contribution in [0.3, 0.4) is 0 Å². The number of amides is 1. The van der Waals surface area contributed by atoms with E-state index < -0.39 is 0 Å². The number of hydrogen-bond donors (Lipinski definition) is 2. The molecule has 4 aromatic heterocycles. The number of fused-ring (bicyclic) bond motifs is 3. The third-order valence-electron chi connectivity index (χ3n) is 6.34. The molecular formula is C25H24ClN9O2. The minimum Gasteiger partial charge on any atom is -0.495 e. The number of anilines is 1. The van der Waals surface area contributed by atoms with Crippen molar-refractivity contribution in [2.24, 2.45) is 0 Å². The Morgan fingerprint density at radius 3 is 2.81 bits per heavy atom. The number of carbonyl (C=O) groups excluding carboxylic acids is 1. The molecule has 0 unspecified atom stereocenters. The number of carbonyl (C=O) groups is 1. The fraction of sp³-hybridized carbons (Fsp3) is 0.280. The van der Waals surface area contributed by atoms with E-state index in [1.807, 2.05) is 29.8 Å². The second kappa shape index (κ2) is 9.32. The number of pyridine rings is 1. The van der Waals surface area contributed by atoms with Gasteiger partial charge >= 0.3 is 0 Å². The van der Waals surface area contributed by atoms with Crippen LogP contribution >= 0.6 is 11.6 Å². The van der Waals surface area contributed by atoms with Gasteiger partial charge in [0.15, 0.2) is 17.3 Å². The van der Waals surface area contributed by atoms with Crippen LogP contribution in [0.5, 0.6) is 5.75 Å². The van der Waals surface area contributed by atoms with Crippen molar-refractivity contribution in [1.29, 1.82) is 0 Å². The lowest BCUT2D eigenvalue weighted by Gasteiger charge is -2.13. The van der Waals surface area contributed by atoms with Gasteiger partial charge in [0.05, 0.1) is 23.7 Å². The van der Waals surface area contributed by atoms with Crippen molar-refractivity contribution in [3.05, 3.63) is 59.4 Å². The van der Waals surface area contributed by atoms with Crippen LogP contribution in [0, 0.1) is 0 Å². The largest absolute Gasteiger partial charge is 0.495 e. The number of hydrogen-bond acceptors (Lipinski definition) is 8. The average Bonchev–Trinajstić information content (AvgIpc) is 3.41. The van der Waals surface area contributed by atoms with Crippen molar-refractivity contribution < 1.29 is 9.53 Å². The van der Waals surface area contributed by atoms with Crippen LogP contribution in [-0.2, 0) is 13.1 Å². The monoisotopic (exact) mass is 517 g/mol. The normalized spacial score (nSPS) is 13.3. The summed E-state index contributed by atoms with van der Waals surface area (Å²) in [4.78, 5) is 21.4. The van der Waals surface area contributed by atoms with Crippen LogP contribution in [0.1, 0.15) is 35.8 Å². The number of methoxy groups -OCH3 is 1. The molecule has 5 aromatic rings. The molecule has 12 heteroatoms. The maximum absolute atomic E-state index is 12.5. The van der Waals surface area contributed by atoms with Gasteiger partial charge in [-0.1, -0.05) is 17.7 Å². The lowest BCUT2D eigenvalue weighted by Crippen LogP contribution is -2.25. The summed E-state index contributed by atoms with van der Waals surface area (Å²) >= 11 is 6.31. The molecule has 1 fully saturated rings. The Kier molecular flexibility index (Phi) is 5.84. The highest BCUT2D eigenvalue weighted by molar-refractivity contribution is 6.32. The maximum Gasteiger partial charge on any atom is 0.271 e. The van der Waals surface area contributed by atoms with Gasteiger partial charge in [-0.05, 0) is 37.5 Å². The molecule has 188 valence electrons. The fourth-order valence-corrected chi connectivity index (χ4v) is 4.53. The lowest BCUT2D eigenvalue weighted by molar-refractivity contribution is 0.0946. The van der Waals surface area contributed by atoms with Crippen LogP contribution in [0.2, 0.25) is 5.02 Å². The van der Waals surface area contributed by atoms with Gasteiger partial charge in [-0.15, -0.1) is 10.2 Å².